The smallest absolute Gasteiger partial charge is 0.223 e. The Hall–Kier alpha value is -3.53. The lowest BCUT2D eigenvalue weighted by atomic mass is 10.00. The average molecular weight is 458 g/mol. The van der Waals surface area contributed by atoms with Crippen LogP contribution < -0.4 is 10.6 Å². The average Bonchev–Trinajstić information content (AvgIpc) is 3.36. The van der Waals surface area contributed by atoms with E-state index in [1.807, 2.05) is 42.5 Å². The number of anilines is 1. The van der Waals surface area contributed by atoms with Crippen LogP contribution in [-0.4, -0.2) is 29.6 Å². The summed E-state index contributed by atoms with van der Waals surface area (Å²) in [6.45, 7) is 9.89. The van der Waals surface area contributed by atoms with E-state index in [4.69, 9.17) is 28.1 Å². The minimum atomic E-state index is -0.567. The Morgan fingerprint density at radius 3 is 2.70 bits per heavy atom. The van der Waals surface area contributed by atoms with Gasteiger partial charge in [-0.15, -0.1) is 0 Å². The highest BCUT2D eigenvalue weighted by Gasteiger charge is 2.17. The van der Waals surface area contributed by atoms with Gasteiger partial charge in [0.15, 0.2) is 0 Å². The van der Waals surface area contributed by atoms with Crippen molar-refractivity contribution in [3.8, 4) is 22.4 Å². The van der Waals surface area contributed by atoms with E-state index >= 15 is 0 Å². The Balaban J connectivity index is 1.63. The van der Waals surface area contributed by atoms with Gasteiger partial charge in [-0.2, -0.15) is 0 Å². The highest BCUT2D eigenvalue weighted by atomic mass is 35.5. The van der Waals surface area contributed by atoms with E-state index in [2.05, 4.69) is 15.5 Å². The molecule has 164 valence electrons. The minimum absolute atomic E-state index is 0.0130. The number of hydrogen-bond acceptors (Lipinski definition) is 4. The summed E-state index contributed by atoms with van der Waals surface area (Å²) in [5.41, 5.74) is 3.76. The number of aromatic nitrogens is 2. The number of rotatable bonds is 5. The van der Waals surface area contributed by atoms with Crippen molar-refractivity contribution in [2.75, 3.05) is 25.0 Å². The van der Waals surface area contributed by atoms with Crippen LogP contribution in [0.25, 0.3) is 38.1 Å². The number of nitrogens with zero attached hydrogens (tertiary/aromatic N) is 3. The van der Waals surface area contributed by atoms with Crippen molar-refractivity contribution < 1.29 is 4.39 Å². The van der Waals surface area contributed by atoms with E-state index in [1.165, 1.54) is 12.1 Å². The van der Waals surface area contributed by atoms with E-state index in [0.29, 0.717) is 28.1 Å². The summed E-state index contributed by atoms with van der Waals surface area (Å²) in [5.74, 6) is 0.457. The number of hydrogen-bond donors (Lipinski definition) is 2. The first-order valence-electron chi connectivity index (χ1n) is 10.8. The quantitative estimate of drug-likeness (QED) is 0.344. The fourth-order valence-corrected chi connectivity index (χ4v) is 4.40. The molecular formula is C26H21ClFN5. The minimum Gasteiger partial charge on any atom is -0.354 e. The number of halogens is 2. The Bertz CT molecular complexity index is 1380. The zero-order valence-corrected chi connectivity index (χ0v) is 18.5. The van der Waals surface area contributed by atoms with Crippen molar-refractivity contribution in [3.63, 3.8) is 0 Å². The fraction of sp³-hybridized carbons (Fsp3) is 0.192. The first-order valence-corrected chi connectivity index (χ1v) is 11.2. The lowest BCUT2D eigenvalue weighted by molar-refractivity contribution is 0.613. The first kappa shape index (κ1) is 21.3. The third-order valence-corrected chi connectivity index (χ3v) is 6.26. The maximum Gasteiger partial charge on any atom is 0.223 e. The van der Waals surface area contributed by atoms with Gasteiger partial charge in [0.1, 0.15) is 5.82 Å². The Morgan fingerprint density at radius 2 is 1.94 bits per heavy atom. The van der Waals surface area contributed by atoms with E-state index in [1.54, 1.807) is 6.07 Å². The molecule has 1 aromatic heterocycles. The van der Waals surface area contributed by atoms with Gasteiger partial charge in [0.2, 0.25) is 11.6 Å². The van der Waals surface area contributed by atoms with Crippen LogP contribution in [-0.2, 0) is 0 Å². The molecule has 2 heterocycles. The molecule has 1 aliphatic heterocycles. The van der Waals surface area contributed by atoms with Crippen LogP contribution in [0.5, 0.6) is 0 Å². The lowest BCUT2D eigenvalue weighted by Gasteiger charge is -2.14. The van der Waals surface area contributed by atoms with Gasteiger partial charge in [0, 0.05) is 28.1 Å². The normalized spacial score (nSPS) is 15.5. The summed E-state index contributed by atoms with van der Waals surface area (Å²) in [6, 6.07) is 18.1. The summed E-state index contributed by atoms with van der Waals surface area (Å²) in [4.78, 5) is 12.7. The summed E-state index contributed by atoms with van der Waals surface area (Å²) in [5, 5.41) is 8.15. The molecule has 1 saturated heterocycles. The molecule has 5 rings (SSSR count). The molecule has 7 heteroatoms. The molecule has 5 nitrogen and oxygen atoms in total. The second kappa shape index (κ2) is 9.14. The predicted octanol–water partition coefficient (Wildman–Crippen LogP) is 6.33. The molecule has 0 amide bonds. The summed E-state index contributed by atoms with van der Waals surface area (Å²) >= 11 is 6.43. The molecule has 0 unspecified atom stereocenters. The van der Waals surface area contributed by atoms with Crippen LogP contribution in [0, 0.1) is 18.3 Å². The van der Waals surface area contributed by atoms with Gasteiger partial charge in [0.25, 0.3) is 0 Å². The van der Waals surface area contributed by atoms with Crippen molar-refractivity contribution in [2.24, 2.45) is 5.92 Å². The molecule has 0 aliphatic carbocycles. The van der Waals surface area contributed by atoms with Gasteiger partial charge >= 0.3 is 0 Å². The molecule has 1 aliphatic rings. The van der Waals surface area contributed by atoms with Crippen molar-refractivity contribution in [2.45, 2.75) is 6.42 Å². The van der Waals surface area contributed by atoms with Gasteiger partial charge in [-0.1, -0.05) is 48.0 Å². The summed E-state index contributed by atoms with van der Waals surface area (Å²) < 4.78 is 14.5. The van der Waals surface area contributed by atoms with Gasteiger partial charge in [-0.3, -0.25) is 0 Å². The topological polar surface area (TPSA) is 54.2 Å². The van der Waals surface area contributed by atoms with Crippen LogP contribution >= 0.6 is 11.6 Å². The maximum absolute atomic E-state index is 14.5. The summed E-state index contributed by atoms with van der Waals surface area (Å²) in [7, 11) is 0. The molecule has 0 saturated carbocycles. The highest BCUT2D eigenvalue weighted by Crippen LogP contribution is 2.35. The van der Waals surface area contributed by atoms with E-state index in [9.17, 15) is 4.39 Å². The standard InChI is InChI=1S/C26H21ClFN5/c1-29-24-9-7-18(13-22(24)28)25-20-12-17(19-4-2-3-5-21(19)27)6-8-23(20)32-26(33-25)31-15-16-10-11-30-14-16/h2-9,12-13,16,30H,10-11,14-15H2,(H,31,32,33)/t16-/m0/s1. The van der Waals surface area contributed by atoms with Gasteiger partial charge in [-0.25, -0.2) is 19.2 Å². The Labute approximate surface area is 196 Å². The molecule has 4 aromatic rings. The zero-order valence-electron chi connectivity index (χ0n) is 17.8. The number of benzene rings is 3. The van der Waals surface area contributed by atoms with E-state index in [0.717, 1.165) is 48.1 Å². The second-order valence-corrected chi connectivity index (χ2v) is 8.53. The fourth-order valence-electron chi connectivity index (χ4n) is 4.16. The third kappa shape index (κ3) is 4.38. The number of fused-ring (bicyclic) bond motifs is 1. The molecule has 2 N–H and O–H groups in total. The maximum atomic E-state index is 14.5. The van der Waals surface area contributed by atoms with Crippen LogP contribution in [0.2, 0.25) is 5.02 Å². The van der Waals surface area contributed by atoms with E-state index < -0.39 is 5.82 Å². The molecule has 1 fully saturated rings. The van der Waals surface area contributed by atoms with Crippen LogP contribution in [0.4, 0.5) is 16.0 Å². The van der Waals surface area contributed by atoms with Crippen LogP contribution in [0.15, 0.2) is 60.7 Å². The predicted molar refractivity (Wildman–Crippen MR) is 131 cm³/mol. The third-order valence-electron chi connectivity index (χ3n) is 5.93. The van der Waals surface area contributed by atoms with Crippen molar-refractivity contribution in [1.29, 1.82) is 0 Å². The molecule has 33 heavy (non-hydrogen) atoms. The van der Waals surface area contributed by atoms with Crippen molar-refractivity contribution in [3.05, 3.63) is 82.9 Å². The van der Waals surface area contributed by atoms with Gasteiger partial charge in [0.05, 0.1) is 17.8 Å². The largest absolute Gasteiger partial charge is 0.354 e. The first-order chi connectivity index (χ1) is 16.1. The SMILES string of the molecule is [C-]#[N+]c1ccc(-c2nc(NC[C@H]3CCNC3)nc3ccc(-c4ccccc4Cl)cc23)cc1F. The molecular weight excluding hydrogens is 437 g/mol. The Kier molecular flexibility index (Phi) is 5.91. The van der Waals surface area contributed by atoms with Crippen LogP contribution in [0.1, 0.15) is 6.42 Å². The summed E-state index contributed by atoms with van der Waals surface area (Å²) in [6.07, 6.45) is 1.11. The molecule has 1 atom stereocenters. The zero-order chi connectivity index (χ0) is 22.8. The number of nitrogens with one attached hydrogen (secondary N) is 2. The molecule has 3 aromatic carbocycles. The van der Waals surface area contributed by atoms with Crippen LogP contribution in [0.3, 0.4) is 0 Å². The van der Waals surface area contributed by atoms with Gasteiger partial charge < -0.3 is 10.6 Å². The highest BCUT2D eigenvalue weighted by molar-refractivity contribution is 6.33. The molecule has 0 spiro atoms. The van der Waals surface area contributed by atoms with Crippen molar-refractivity contribution >= 4 is 34.1 Å². The Morgan fingerprint density at radius 1 is 1.09 bits per heavy atom. The monoisotopic (exact) mass is 457 g/mol. The lowest BCUT2D eigenvalue weighted by Crippen LogP contribution is -2.18. The second-order valence-electron chi connectivity index (χ2n) is 8.13. The van der Waals surface area contributed by atoms with E-state index in [-0.39, 0.29) is 5.69 Å². The molecule has 0 radical (unpaired) electrons. The van der Waals surface area contributed by atoms with Crippen molar-refractivity contribution in [1.82, 2.24) is 15.3 Å². The van der Waals surface area contributed by atoms with Gasteiger partial charge in [-0.05, 0) is 55.3 Å². The molecule has 0 bridgehead atoms.